The molecule has 45 heavy (non-hydrogen) atoms. The number of benzene rings is 3. The van der Waals surface area contributed by atoms with Crippen LogP contribution in [0, 0.1) is 0 Å². The van der Waals surface area contributed by atoms with Gasteiger partial charge in [0.25, 0.3) is 0 Å². The molecule has 228 valence electrons. The molecule has 0 radical (unpaired) electrons. The van der Waals surface area contributed by atoms with E-state index in [0.717, 1.165) is 31.6 Å². The molecule has 11 nitrogen and oxygen atoms in total. The van der Waals surface area contributed by atoms with Crippen LogP contribution in [-0.4, -0.2) is 51.3 Å². The Kier molecular flexibility index (Phi) is 9.03. The fourth-order valence-electron chi connectivity index (χ4n) is 4.76. The van der Waals surface area contributed by atoms with Gasteiger partial charge in [0.1, 0.15) is 17.3 Å². The van der Waals surface area contributed by atoms with Crippen molar-refractivity contribution in [1.29, 1.82) is 0 Å². The Bertz CT molecular complexity index is 1900. The molecule has 0 aliphatic heterocycles. The van der Waals surface area contributed by atoms with Crippen molar-refractivity contribution in [3.63, 3.8) is 0 Å². The fourth-order valence-corrected chi connectivity index (χ4v) is 4.76. The molecule has 0 spiro atoms. The van der Waals surface area contributed by atoms with Gasteiger partial charge >= 0.3 is 17.9 Å². The van der Waals surface area contributed by atoms with Crippen LogP contribution in [0.2, 0.25) is 0 Å². The van der Waals surface area contributed by atoms with Gasteiger partial charge in [-0.25, -0.2) is 4.79 Å². The summed E-state index contributed by atoms with van der Waals surface area (Å²) in [5.41, 5.74) is 0.973. The Morgan fingerprint density at radius 1 is 0.667 bits per heavy atom. The number of carbonyl (C=O) groups is 7. The molecule has 2 aliphatic rings. The summed E-state index contributed by atoms with van der Waals surface area (Å²) in [6.07, 6.45) is 2.11. The van der Waals surface area contributed by atoms with Crippen molar-refractivity contribution < 1.29 is 53.2 Å². The summed E-state index contributed by atoms with van der Waals surface area (Å²) < 4.78 is 9.99. The zero-order valence-electron chi connectivity index (χ0n) is 24.5. The molecular formula is C34H26O11. The molecule has 0 bridgehead atoms. The van der Waals surface area contributed by atoms with E-state index in [0.29, 0.717) is 5.56 Å². The highest BCUT2D eigenvalue weighted by molar-refractivity contribution is 6.52. The summed E-state index contributed by atoms with van der Waals surface area (Å²) in [5, 5.41) is 19.3. The van der Waals surface area contributed by atoms with Crippen LogP contribution >= 0.6 is 0 Å². The number of Topliss-reactive ketones (excluding diaryl/α,β-unsaturated/α-hetero) is 2. The van der Waals surface area contributed by atoms with Crippen molar-refractivity contribution >= 4 is 46.8 Å². The van der Waals surface area contributed by atoms with E-state index in [1.165, 1.54) is 18.2 Å². The summed E-state index contributed by atoms with van der Waals surface area (Å²) in [6, 6.07) is 12.8. The van der Waals surface area contributed by atoms with Gasteiger partial charge in [-0.2, -0.15) is 0 Å². The number of hydrogen-bond donors (Lipinski definition) is 2. The normalized spacial score (nSPS) is 13.1. The van der Waals surface area contributed by atoms with Crippen molar-refractivity contribution in [1.82, 2.24) is 0 Å². The van der Waals surface area contributed by atoms with Crippen molar-refractivity contribution in [3.05, 3.63) is 111 Å². The molecule has 3 aromatic rings. The fraction of sp³-hybridized carbons (Fsp3) is 0.147. The molecule has 2 N–H and O–H groups in total. The lowest BCUT2D eigenvalue weighted by Gasteiger charge is -2.21. The van der Waals surface area contributed by atoms with E-state index in [1.54, 1.807) is 24.3 Å². The van der Waals surface area contributed by atoms with Gasteiger partial charge in [-0.15, -0.1) is 0 Å². The molecule has 0 unspecified atom stereocenters. The van der Waals surface area contributed by atoms with E-state index in [1.807, 2.05) is 19.9 Å². The highest BCUT2D eigenvalue weighted by Gasteiger charge is 2.37. The number of carboxylic acid groups (broad SMARTS) is 1. The molecular weight excluding hydrogens is 584 g/mol. The van der Waals surface area contributed by atoms with Crippen LogP contribution in [-0.2, 0) is 14.4 Å². The highest BCUT2D eigenvalue weighted by Crippen LogP contribution is 2.38. The maximum Gasteiger partial charge on any atom is 0.335 e. The van der Waals surface area contributed by atoms with Gasteiger partial charge in [-0.05, 0) is 38.5 Å². The topological polar surface area (TPSA) is 178 Å². The number of carbonyl (C=O) groups excluding carboxylic acids is 6. The first-order valence-corrected chi connectivity index (χ1v) is 13.5. The standard InChI is InChI=1S/C19H12O8.C15H14O3/c1-8(20)26-13-5-3-4-11-15(13)18(23)16-12(17(11)22)6-10(19(24)25)7-14(16)27-9(2)21;1-9(2)7-8-12-13(16)10-5-3-4-6-11(10)14(17)15(12)18/h3-7H,1-2H3,(H,24,25);3-7,16H,8H2,1-2H3. The lowest BCUT2D eigenvalue weighted by Crippen LogP contribution is -2.24. The van der Waals surface area contributed by atoms with Gasteiger partial charge in [0.2, 0.25) is 17.3 Å². The number of aromatic carboxylic acids is 1. The minimum atomic E-state index is -1.36. The number of aliphatic hydroxyl groups excluding tert-OH is 1. The maximum atomic E-state index is 13.1. The zero-order chi connectivity index (χ0) is 33.2. The first-order chi connectivity index (χ1) is 21.2. The van der Waals surface area contributed by atoms with Gasteiger partial charge in [0, 0.05) is 41.7 Å². The van der Waals surface area contributed by atoms with E-state index in [2.05, 4.69) is 0 Å². The Morgan fingerprint density at radius 2 is 1.24 bits per heavy atom. The van der Waals surface area contributed by atoms with Crippen LogP contribution < -0.4 is 9.47 Å². The van der Waals surface area contributed by atoms with Crippen LogP contribution in [0.4, 0.5) is 0 Å². The van der Waals surface area contributed by atoms with Crippen molar-refractivity contribution in [2.24, 2.45) is 0 Å². The average Bonchev–Trinajstić information content (AvgIpc) is 2.98. The molecule has 5 rings (SSSR count). The van der Waals surface area contributed by atoms with E-state index in [-0.39, 0.29) is 62.6 Å². The number of allylic oxidation sites excluding steroid dienone is 3. The lowest BCUT2D eigenvalue weighted by atomic mass is 9.82. The molecule has 3 aromatic carbocycles. The van der Waals surface area contributed by atoms with Gasteiger partial charge in [0.15, 0.2) is 5.78 Å². The Labute approximate surface area is 256 Å². The van der Waals surface area contributed by atoms with Crippen LogP contribution in [0.25, 0.3) is 5.76 Å². The summed E-state index contributed by atoms with van der Waals surface area (Å²) in [5.74, 6) is -5.88. The number of ketones is 4. The van der Waals surface area contributed by atoms with E-state index in [4.69, 9.17) is 9.47 Å². The summed E-state index contributed by atoms with van der Waals surface area (Å²) >= 11 is 0. The van der Waals surface area contributed by atoms with Crippen LogP contribution in [0.3, 0.4) is 0 Å². The smallest absolute Gasteiger partial charge is 0.335 e. The van der Waals surface area contributed by atoms with E-state index < -0.39 is 41.0 Å². The van der Waals surface area contributed by atoms with Gasteiger partial charge in [0.05, 0.1) is 16.7 Å². The minimum absolute atomic E-state index is 0.0393. The molecule has 0 saturated heterocycles. The molecule has 0 saturated carbocycles. The molecule has 0 aromatic heterocycles. The van der Waals surface area contributed by atoms with E-state index >= 15 is 0 Å². The number of aliphatic hydroxyl groups is 1. The van der Waals surface area contributed by atoms with Gasteiger partial charge < -0.3 is 19.7 Å². The molecule has 0 atom stereocenters. The van der Waals surface area contributed by atoms with Crippen LogP contribution in [0.1, 0.15) is 92.2 Å². The Morgan fingerprint density at radius 3 is 1.84 bits per heavy atom. The molecule has 0 amide bonds. The van der Waals surface area contributed by atoms with Crippen molar-refractivity contribution in [2.45, 2.75) is 34.1 Å². The number of ether oxygens (including phenoxy) is 2. The number of hydrogen-bond acceptors (Lipinski definition) is 10. The Balaban J connectivity index is 0.000000222. The predicted octanol–water partition coefficient (Wildman–Crippen LogP) is 5.09. The first-order valence-electron chi connectivity index (χ1n) is 13.5. The second-order valence-corrected chi connectivity index (χ2v) is 10.2. The number of rotatable bonds is 5. The SMILES string of the molecule is CC(=O)Oc1cccc2c1C(=O)c1c(OC(C)=O)cc(C(=O)O)cc1C2=O.CC(C)=CCC1=C(O)c2ccccc2C(=O)C1=O. The second kappa shape index (κ2) is 12.7. The summed E-state index contributed by atoms with van der Waals surface area (Å²) in [7, 11) is 0. The molecule has 11 heteroatoms. The number of carboxylic acids is 1. The van der Waals surface area contributed by atoms with Gasteiger partial charge in [-0.3, -0.25) is 28.8 Å². The van der Waals surface area contributed by atoms with E-state index in [9.17, 15) is 43.8 Å². The van der Waals surface area contributed by atoms with Crippen LogP contribution in [0.5, 0.6) is 11.5 Å². The van der Waals surface area contributed by atoms with Crippen LogP contribution in [0.15, 0.2) is 71.8 Å². The molecule has 0 heterocycles. The number of esters is 2. The Hall–Kier alpha value is -5.97. The maximum absolute atomic E-state index is 13.1. The largest absolute Gasteiger partial charge is 0.507 e. The highest BCUT2D eigenvalue weighted by atomic mass is 16.5. The first kappa shape index (κ1) is 32.0. The predicted molar refractivity (Wildman–Crippen MR) is 159 cm³/mol. The zero-order valence-corrected chi connectivity index (χ0v) is 24.5. The molecule has 2 aliphatic carbocycles. The number of fused-ring (bicyclic) bond motifs is 3. The average molecular weight is 611 g/mol. The third kappa shape index (κ3) is 6.37. The van der Waals surface area contributed by atoms with Crippen molar-refractivity contribution in [3.8, 4) is 11.5 Å². The second-order valence-electron chi connectivity index (χ2n) is 10.2. The monoisotopic (exact) mass is 610 g/mol. The quantitative estimate of drug-likeness (QED) is 0.133. The third-order valence-electron chi connectivity index (χ3n) is 6.73. The third-order valence-corrected chi connectivity index (χ3v) is 6.73. The lowest BCUT2D eigenvalue weighted by molar-refractivity contribution is -0.132. The summed E-state index contributed by atoms with van der Waals surface area (Å²) in [6.45, 7) is 6.03. The summed E-state index contributed by atoms with van der Waals surface area (Å²) in [4.78, 5) is 83.8. The molecule has 0 fully saturated rings. The van der Waals surface area contributed by atoms with Crippen molar-refractivity contribution in [2.75, 3.05) is 0 Å². The minimum Gasteiger partial charge on any atom is -0.507 e. The van der Waals surface area contributed by atoms with Gasteiger partial charge in [-0.1, -0.05) is 48.0 Å².